The van der Waals surface area contributed by atoms with E-state index in [1.807, 2.05) is 58.2 Å². The Morgan fingerprint density at radius 1 is 1.12 bits per heavy atom. The van der Waals surface area contributed by atoms with Crippen molar-refractivity contribution < 1.29 is 4.79 Å². The van der Waals surface area contributed by atoms with E-state index in [0.29, 0.717) is 13.0 Å². The van der Waals surface area contributed by atoms with Gasteiger partial charge in [0.1, 0.15) is 0 Å². The van der Waals surface area contributed by atoms with Gasteiger partial charge in [-0.2, -0.15) is 5.10 Å². The highest BCUT2D eigenvalue weighted by Crippen LogP contribution is 2.23. The van der Waals surface area contributed by atoms with E-state index in [0.717, 1.165) is 30.5 Å². The third-order valence-electron chi connectivity index (χ3n) is 4.84. The monoisotopic (exact) mass is 334 g/mol. The second kappa shape index (κ2) is 7.07. The lowest BCUT2D eigenvalue weighted by Gasteiger charge is -2.36. The van der Waals surface area contributed by atoms with E-state index >= 15 is 0 Å². The Hall–Kier alpha value is -2.66. The largest absolute Gasteiger partial charge is 0.333 e. The highest BCUT2D eigenvalue weighted by atomic mass is 16.2. The molecule has 0 aliphatic carbocycles. The van der Waals surface area contributed by atoms with Gasteiger partial charge in [0.25, 0.3) is 0 Å². The van der Waals surface area contributed by atoms with E-state index in [1.54, 1.807) is 0 Å². The van der Waals surface area contributed by atoms with E-state index in [4.69, 9.17) is 0 Å². The number of benzene rings is 2. The van der Waals surface area contributed by atoms with E-state index in [9.17, 15) is 4.79 Å². The molecule has 1 fully saturated rings. The Labute approximate surface area is 147 Å². The van der Waals surface area contributed by atoms with Crippen molar-refractivity contribution >= 4 is 16.8 Å². The summed E-state index contributed by atoms with van der Waals surface area (Å²) in [5.74, 6) is 0.190. The van der Waals surface area contributed by atoms with Gasteiger partial charge in [-0.1, -0.05) is 48.5 Å². The number of nitrogens with one attached hydrogen (secondary N) is 1. The number of amides is 1. The molecule has 1 amide bonds. The fourth-order valence-corrected chi connectivity index (χ4v) is 3.53. The summed E-state index contributed by atoms with van der Waals surface area (Å²) in [6.07, 6.45) is 2.33. The zero-order valence-electron chi connectivity index (χ0n) is 14.1. The van der Waals surface area contributed by atoms with Gasteiger partial charge in [0.2, 0.25) is 5.91 Å². The molecule has 0 spiro atoms. The number of carbonyl (C=O) groups is 1. The van der Waals surface area contributed by atoms with Crippen LogP contribution in [0.3, 0.4) is 0 Å². The molecule has 5 nitrogen and oxygen atoms in total. The van der Waals surface area contributed by atoms with Crippen LogP contribution in [-0.2, 0) is 11.3 Å². The Balaban J connectivity index is 1.47. The van der Waals surface area contributed by atoms with Crippen molar-refractivity contribution in [3.05, 3.63) is 66.4 Å². The molecule has 3 aromatic rings. The van der Waals surface area contributed by atoms with Crippen LogP contribution in [0.25, 0.3) is 10.9 Å². The Morgan fingerprint density at radius 3 is 2.80 bits per heavy atom. The molecule has 0 radical (unpaired) electrons. The molecule has 1 aliphatic rings. The molecule has 2 aromatic carbocycles. The summed E-state index contributed by atoms with van der Waals surface area (Å²) < 4.78 is 1.92. The first-order valence-corrected chi connectivity index (χ1v) is 8.78. The quantitative estimate of drug-likeness (QED) is 0.798. The topological polar surface area (TPSA) is 50.2 Å². The normalized spacial score (nSPS) is 17.8. The molecule has 1 saturated heterocycles. The van der Waals surface area contributed by atoms with E-state index in [2.05, 4.69) is 22.5 Å². The molecule has 5 heteroatoms. The third-order valence-corrected chi connectivity index (χ3v) is 4.84. The smallest absolute Gasteiger partial charge is 0.225 e. The van der Waals surface area contributed by atoms with Crippen LogP contribution in [-0.4, -0.2) is 40.2 Å². The van der Waals surface area contributed by atoms with E-state index in [-0.39, 0.29) is 11.9 Å². The van der Waals surface area contributed by atoms with Gasteiger partial charge in [-0.3, -0.25) is 9.48 Å². The SMILES string of the molecule is O=C(CCn1ncc2ccccc21)N1CCNC[C@H]1c1ccccc1. The second-order valence-corrected chi connectivity index (χ2v) is 6.39. The molecular weight excluding hydrogens is 312 g/mol. The summed E-state index contributed by atoms with van der Waals surface area (Å²) in [7, 11) is 0. The first kappa shape index (κ1) is 15.8. The first-order valence-electron chi connectivity index (χ1n) is 8.78. The van der Waals surface area contributed by atoms with E-state index in [1.165, 1.54) is 5.56 Å². The molecule has 25 heavy (non-hydrogen) atoms. The number of carbonyl (C=O) groups excluding carboxylic acids is 1. The fraction of sp³-hybridized carbons (Fsp3) is 0.300. The average Bonchev–Trinajstić information content (AvgIpc) is 3.10. The van der Waals surface area contributed by atoms with Crippen LogP contribution in [0.5, 0.6) is 0 Å². The maximum absolute atomic E-state index is 12.9. The van der Waals surface area contributed by atoms with Gasteiger partial charge in [-0.05, 0) is 11.6 Å². The molecule has 1 N–H and O–H groups in total. The summed E-state index contributed by atoms with van der Waals surface area (Å²) in [5, 5.41) is 8.93. The van der Waals surface area contributed by atoms with Gasteiger partial charge >= 0.3 is 0 Å². The van der Waals surface area contributed by atoms with Gasteiger partial charge in [-0.25, -0.2) is 0 Å². The molecule has 0 unspecified atom stereocenters. The lowest BCUT2D eigenvalue weighted by Crippen LogP contribution is -2.48. The number of nitrogens with zero attached hydrogens (tertiary/aromatic N) is 3. The van der Waals surface area contributed by atoms with Gasteiger partial charge in [0.05, 0.1) is 24.3 Å². The number of fused-ring (bicyclic) bond motifs is 1. The summed E-state index contributed by atoms with van der Waals surface area (Å²) in [6.45, 7) is 3.01. The predicted molar refractivity (Wildman–Crippen MR) is 98.1 cm³/mol. The second-order valence-electron chi connectivity index (χ2n) is 6.39. The Kier molecular flexibility index (Phi) is 4.48. The van der Waals surface area contributed by atoms with Crippen molar-refractivity contribution in [2.24, 2.45) is 0 Å². The van der Waals surface area contributed by atoms with Crippen LogP contribution in [0.4, 0.5) is 0 Å². The Bertz CT molecular complexity index is 858. The minimum atomic E-state index is 0.108. The summed E-state index contributed by atoms with van der Waals surface area (Å²) in [4.78, 5) is 14.9. The predicted octanol–water partition coefficient (Wildman–Crippen LogP) is 2.60. The minimum absolute atomic E-state index is 0.108. The number of para-hydroxylation sites is 1. The Morgan fingerprint density at radius 2 is 1.92 bits per heavy atom. The molecule has 4 rings (SSSR count). The number of hydrogen-bond acceptors (Lipinski definition) is 3. The van der Waals surface area contributed by atoms with Crippen LogP contribution in [0.2, 0.25) is 0 Å². The zero-order chi connectivity index (χ0) is 17.1. The zero-order valence-corrected chi connectivity index (χ0v) is 14.1. The van der Waals surface area contributed by atoms with E-state index < -0.39 is 0 Å². The maximum atomic E-state index is 12.9. The number of rotatable bonds is 4. The van der Waals surface area contributed by atoms with Crippen molar-refractivity contribution in [2.75, 3.05) is 19.6 Å². The molecule has 0 bridgehead atoms. The number of hydrogen-bond donors (Lipinski definition) is 1. The van der Waals surface area contributed by atoms with Crippen LogP contribution in [0.1, 0.15) is 18.0 Å². The molecule has 128 valence electrons. The van der Waals surface area contributed by atoms with Crippen molar-refractivity contribution in [3.8, 4) is 0 Å². The van der Waals surface area contributed by atoms with Gasteiger partial charge < -0.3 is 10.2 Å². The maximum Gasteiger partial charge on any atom is 0.225 e. The molecule has 2 heterocycles. The van der Waals surface area contributed by atoms with Gasteiger partial charge in [-0.15, -0.1) is 0 Å². The van der Waals surface area contributed by atoms with Crippen LogP contribution < -0.4 is 5.32 Å². The number of piperazine rings is 1. The van der Waals surface area contributed by atoms with Crippen LogP contribution >= 0.6 is 0 Å². The molecule has 1 atom stereocenters. The van der Waals surface area contributed by atoms with Crippen molar-refractivity contribution in [2.45, 2.75) is 19.0 Å². The van der Waals surface area contributed by atoms with Crippen LogP contribution in [0.15, 0.2) is 60.8 Å². The molecule has 1 aromatic heterocycles. The highest BCUT2D eigenvalue weighted by Gasteiger charge is 2.27. The lowest BCUT2D eigenvalue weighted by molar-refractivity contribution is -0.134. The van der Waals surface area contributed by atoms with Gasteiger partial charge in [0.15, 0.2) is 0 Å². The molecule has 0 saturated carbocycles. The molecular formula is C20H22N4O. The summed E-state index contributed by atoms with van der Waals surface area (Å²) in [6, 6.07) is 18.5. The van der Waals surface area contributed by atoms with Crippen molar-refractivity contribution in [3.63, 3.8) is 0 Å². The standard InChI is InChI=1S/C20H22N4O/c25-20(10-12-24-18-9-5-4-8-17(18)14-22-24)23-13-11-21-15-19(23)16-6-2-1-3-7-16/h1-9,14,19,21H,10-13,15H2/t19-/m0/s1. The minimum Gasteiger partial charge on any atom is -0.333 e. The van der Waals surface area contributed by atoms with Crippen molar-refractivity contribution in [1.82, 2.24) is 20.0 Å². The molecule has 1 aliphatic heterocycles. The number of aromatic nitrogens is 2. The van der Waals surface area contributed by atoms with Crippen LogP contribution in [0, 0.1) is 0 Å². The first-order chi connectivity index (χ1) is 12.3. The summed E-state index contributed by atoms with van der Waals surface area (Å²) >= 11 is 0. The lowest BCUT2D eigenvalue weighted by atomic mass is 10.0. The fourth-order valence-electron chi connectivity index (χ4n) is 3.53. The summed E-state index contributed by atoms with van der Waals surface area (Å²) in [5.41, 5.74) is 2.27. The van der Waals surface area contributed by atoms with Crippen molar-refractivity contribution in [1.29, 1.82) is 0 Å². The highest BCUT2D eigenvalue weighted by molar-refractivity contribution is 5.79. The third kappa shape index (κ3) is 3.28. The number of aryl methyl sites for hydroxylation is 1. The van der Waals surface area contributed by atoms with Gasteiger partial charge in [0, 0.05) is 31.4 Å². The average molecular weight is 334 g/mol.